The van der Waals surface area contributed by atoms with Crippen molar-refractivity contribution in [2.24, 2.45) is 0 Å². The summed E-state index contributed by atoms with van der Waals surface area (Å²) in [5, 5.41) is 16.9. The number of aromatic nitrogens is 2. The van der Waals surface area contributed by atoms with Crippen molar-refractivity contribution in [3.8, 4) is 11.5 Å². The predicted molar refractivity (Wildman–Crippen MR) is 80.6 cm³/mol. The number of hydrogen-bond donors (Lipinski definition) is 1. The highest BCUT2D eigenvalue weighted by atomic mass is 79.9. The SMILES string of the molecule is CCCN(CC(=O)O)Cc1nnc(-c2ccc(Br)cc2)o1. The van der Waals surface area contributed by atoms with Crippen LogP contribution in [0.3, 0.4) is 0 Å². The fraction of sp³-hybridized carbons (Fsp3) is 0.357. The maximum Gasteiger partial charge on any atom is 0.317 e. The van der Waals surface area contributed by atoms with Crippen LogP contribution >= 0.6 is 15.9 Å². The molecule has 0 atom stereocenters. The van der Waals surface area contributed by atoms with Gasteiger partial charge in [-0.1, -0.05) is 22.9 Å². The van der Waals surface area contributed by atoms with Crippen molar-refractivity contribution in [3.63, 3.8) is 0 Å². The smallest absolute Gasteiger partial charge is 0.317 e. The molecule has 0 aliphatic rings. The van der Waals surface area contributed by atoms with E-state index < -0.39 is 5.97 Å². The highest BCUT2D eigenvalue weighted by Gasteiger charge is 2.14. The summed E-state index contributed by atoms with van der Waals surface area (Å²) in [4.78, 5) is 12.6. The number of carboxylic acids is 1. The zero-order valence-corrected chi connectivity index (χ0v) is 13.2. The van der Waals surface area contributed by atoms with Crippen LogP contribution in [0, 0.1) is 0 Å². The van der Waals surface area contributed by atoms with Gasteiger partial charge in [-0.15, -0.1) is 10.2 Å². The summed E-state index contributed by atoms with van der Waals surface area (Å²) in [5.41, 5.74) is 0.831. The fourth-order valence-electron chi connectivity index (χ4n) is 1.94. The average molecular weight is 354 g/mol. The average Bonchev–Trinajstić information content (AvgIpc) is 2.87. The molecule has 6 nitrogen and oxygen atoms in total. The molecule has 0 aliphatic carbocycles. The largest absolute Gasteiger partial charge is 0.480 e. The van der Waals surface area contributed by atoms with Gasteiger partial charge < -0.3 is 9.52 Å². The molecule has 2 aromatic rings. The van der Waals surface area contributed by atoms with E-state index in [4.69, 9.17) is 9.52 Å². The Balaban J connectivity index is 2.07. The van der Waals surface area contributed by atoms with E-state index in [0.29, 0.717) is 24.9 Å². The molecule has 0 spiro atoms. The number of nitrogens with zero attached hydrogens (tertiary/aromatic N) is 3. The summed E-state index contributed by atoms with van der Waals surface area (Å²) in [7, 11) is 0. The quantitative estimate of drug-likeness (QED) is 0.824. The summed E-state index contributed by atoms with van der Waals surface area (Å²) < 4.78 is 6.57. The molecule has 0 aliphatic heterocycles. The van der Waals surface area contributed by atoms with Gasteiger partial charge in [0.1, 0.15) is 0 Å². The molecule has 21 heavy (non-hydrogen) atoms. The van der Waals surface area contributed by atoms with E-state index in [1.54, 1.807) is 4.90 Å². The second-order valence-corrected chi connectivity index (χ2v) is 5.53. The third-order valence-electron chi connectivity index (χ3n) is 2.82. The van der Waals surface area contributed by atoms with Crippen molar-refractivity contribution in [1.29, 1.82) is 0 Å². The van der Waals surface area contributed by atoms with E-state index in [1.807, 2.05) is 31.2 Å². The number of aliphatic carboxylic acids is 1. The van der Waals surface area contributed by atoms with Crippen molar-refractivity contribution >= 4 is 21.9 Å². The molecule has 1 aromatic heterocycles. The van der Waals surface area contributed by atoms with Crippen molar-refractivity contribution < 1.29 is 14.3 Å². The maximum atomic E-state index is 10.8. The highest BCUT2D eigenvalue weighted by Crippen LogP contribution is 2.20. The molecule has 0 fully saturated rings. The number of rotatable bonds is 7. The minimum atomic E-state index is -0.865. The van der Waals surface area contributed by atoms with Crippen LogP contribution in [0.2, 0.25) is 0 Å². The van der Waals surface area contributed by atoms with Crippen LogP contribution in [0.4, 0.5) is 0 Å². The molecule has 2 rings (SSSR count). The third kappa shape index (κ3) is 4.64. The lowest BCUT2D eigenvalue weighted by molar-refractivity contribution is -0.138. The van der Waals surface area contributed by atoms with Crippen LogP contribution in [-0.4, -0.2) is 39.3 Å². The van der Waals surface area contributed by atoms with Gasteiger partial charge >= 0.3 is 5.97 Å². The Kier molecular flexibility index (Phi) is 5.46. The number of carboxylic acid groups (broad SMARTS) is 1. The van der Waals surface area contributed by atoms with Crippen LogP contribution in [-0.2, 0) is 11.3 Å². The summed E-state index contributed by atoms with van der Waals surface area (Å²) >= 11 is 3.37. The lowest BCUT2D eigenvalue weighted by Crippen LogP contribution is -2.30. The molecule has 1 N–H and O–H groups in total. The topological polar surface area (TPSA) is 79.5 Å². The van der Waals surface area contributed by atoms with Gasteiger partial charge in [0.15, 0.2) is 0 Å². The number of benzene rings is 1. The molecule has 0 radical (unpaired) electrons. The van der Waals surface area contributed by atoms with Crippen LogP contribution in [0.1, 0.15) is 19.2 Å². The Labute approximate surface area is 130 Å². The van der Waals surface area contributed by atoms with Crippen LogP contribution in [0.15, 0.2) is 33.2 Å². The van der Waals surface area contributed by atoms with Gasteiger partial charge in [-0.25, -0.2) is 0 Å². The van der Waals surface area contributed by atoms with Crippen molar-refractivity contribution in [2.45, 2.75) is 19.9 Å². The second kappa shape index (κ2) is 7.33. The second-order valence-electron chi connectivity index (χ2n) is 4.61. The Morgan fingerprint density at radius 3 is 2.67 bits per heavy atom. The van der Waals surface area contributed by atoms with Crippen LogP contribution in [0.5, 0.6) is 0 Å². The molecule has 0 saturated heterocycles. The summed E-state index contributed by atoms with van der Waals surface area (Å²) in [5.74, 6) is -0.0111. The van der Waals surface area contributed by atoms with E-state index in [9.17, 15) is 4.79 Å². The number of halogens is 1. The van der Waals surface area contributed by atoms with Gasteiger partial charge in [0.25, 0.3) is 0 Å². The molecular weight excluding hydrogens is 338 g/mol. The molecule has 0 bridgehead atoms. The summed E-state index contributed by atoms with van der Waals surface area (Å²) in [6.07, 6.45) is 0.862. The fourth-order valence-corrected chi connectivity index (χ4v) is 2.20. The molecule has 1 heterocycles. The Hall–Kier alpha value is -1.73. The maximum absolute atomic E-state index is 10.8. The normalized spacial score (nSPS) is 11.0. The van der Waals surface area contributed by atoms with Gasteiger partial charge in [-0.3, -0.25) is 9.69 Å². The van der Waals surface area contributed by atoms with E-state index in [0.717, 1.165) is 16.5 Å². The van der Waals surface area contributed by atoms with Gasteiger partial charge in [-0.05, 0) is 37.2 Å². The van der Waals surface area contributed by atoms with Gasteiger partial charge in [0, 0.05) is 10.0 Å². The molecule has 0 amide bonds. The summed E-state index contributed by atoms with van der Waals surface area (Å²) in [6, 6.07) is 7.55. The molecule has 112 valence electrons. The van der Waals surface area contributed by atoms with Gasteiger partial charge in [-0.2, -0.15) is 0 Å². The van der Waals surface area contributed by atoms with Crippen LogP contribution in [0.25, 0.3) is 11.5 Å². The summed E-state index contributed by atoms with van der Waals surface area (Å²) in [6.45, 7) is 2.96. The number of carbonyl (C=O) groups is 1. The molecule has 7 heteroatoms. The zero-order chi connectivity index (χ0) is 15.2. The third-order valence-corrected chi connectivity index (χ3v) is 3.34. The molecular formula is C14H16BrN3O3. The van der Waals surface area contributed by atoms with Crippen molar-refractivity contribution in [3.05, 3.63) is 34.6 Å². The van der Waals surface area contributed by atoms with Gasteiger partial charge in [0.05, 0.1) is 13.1 Å². The van der Waals surface area contributed by atoms with E-state index in [-0.39, 0.29) is 6.54 Å². The minimum Gasteiger partial charge on any atom is -0.480 e. The first-order chi connectivity index (χ1) is 10.1. The predicted octanol–water partition coefficient (Wildman–Crippen LogP) is 2.80. The van der Waals surface area contributed by atoms with Crippen LogP contribution < -0.4 is 0 Å². The molecule has 1 aromatic carbocycles. The first-order valence-electron chi connectivity index (χ1n) is 6.61. The zero-order valence-electron chi connectivity index (χ0n) is 11.6. The standard InChI is InChI=1S/C14H16BrN3O3/c1-2-7-18(9-13(19)20)8-12-16-17-14(21-12)10-3-5-11(15)6-4-10/h3-6H,2,7-9H2,1H3,(H,19,20). The van der Waals surface area contributed by atoms with Crippen molar-refractivity contribution in [2.75, 3.05) is 13.1 Å². The lowest BCUT2D eigenvalue weighted by atomic mass is 10.2. The molecule has 0 unspecified atom stereocenters. The first kappa shape index (κ1) is 15.7. The van der Waals surface area contributed by atoms with Gasteiger partial charge in [0.2, 0.25) is 11.8 Å². The van der Waals surface area contributed by atoms with E-state index >= 15 is 0 Å². The van der Waals surface area contributed by atoms with Crippen molar-refractivity contribution in [1.82, 2.24) is 15.1 Å². The lowest BCUT2D eigenvalue weighted by Gasteiger charge is -2.16. The Bertz CT molecular complexity index is 598. The first-order valence-corrected chi connectivity index (χ1v) is 7.40. The Morgan fingerprint density at radius 2 is 2.05 bits per heavy atom. The Morgan fingerprint density at radius 1 is 1.33 bits per heavy atom. The monoisotopic (exact) mass is 353 g/mol. The highest BCUT2D eigenvalue weighted by molar-refractivity contribution is 9.10. The minimum absolute atomic E-state index is 0.0379. The number of hydrogen-bond acceptors (Lipinski definition) is 5. The molecule has 0 saturated carbocycles. The van der Waals surface area contributed by atoms with E-state index in [1.165, 1.54) is 0 Å². The van der Waals surface area contributed by atoms with E-state index in [2.05, 4.69) is 26.1 Å².